The van der Waals surface area contributed by atoms with E-state index in [2.05, 4.69) is 20.8 Å². The van der Waals surface area contributed by atoms with Gasteiger partial charge in [-0.25, -0.2) is 4.79 Å². The van der Waals surface area contributed by atoms with Crippen LogP contribution in [-0.4, -0.2) is 41.0 Å². The van der Waals surface area contributed by atoms with E-state index in [9.17, 15) is 9.59 Å². The predicted octanol–water partition coefficient (Wildman–Crippen LogP) is 2.92. The van der Waals surface area contributed by atoms with Crippen molar-refractivity contribution in [3.63, 3.8) is 0 Å². The van der Waals surface area contributed by atoms with Crippen molar-refractivity contribution in [1.29, 1.82) is 0 Å². The summed E-state index contributed by atoms with van der Waals surface area (Å²) in [5.41, 5.74) is 1.17. The first kappa shape index (κ1) is 19.0. The van der Waals surface area contributed by atoms with E-state index >= 15 is 0 Å². The maximum absolute atomic E-state index is 11.7. The molecule has 2 aromatic rings. The quantitative estimate of drug-likeness (QED) is 0.646. The van der Waals surface area contributed by atoms with E-state index in [0.717, 1.165) is 28.7 Å². The van der Waals surface area contributed by atoms with Gasteiger partial charge in [0.15, 0.2) is 8.68 Å². The molecule has 10 heteroatoms. The van der Waals surface area contributed by atoms with E-state index in [1.54, 1.807) is 18.9 Å². The fraction of sp³-hybridized carbons (Fsp3) is 0.375. The van der Waals surface area contributed by atoms with Crippen molar-refractivity contribution in [2.75, 3.05) is 12.9 Å². The number of carbonyl (C=O) groups is 2. The van der Waals surface area contributed by atoms with Crippen molar-refractivity contribution < 1.29 is 14.3 Å². The van der Waals surface area contributed by atoms with E-state index in [1.165, 1.54) is 28.7 Å². The van der Waals surface area contributed by atoms with Crippen LogP contribution in [0, 0.1) is 0 Å². The molecule has 1 aromatic carbocycles. The highest BCUT2D eigenvalue weighted by molar-refractivity contribution is 8.03. The smallest absolute Gasteiger partial charge is 0.321 e. The Hall–Kier alpha value is -1.78. The van der Waals surface area contributed by atoms with Gasteiger partial charge in [-0.2, -0.15) is 0 Å². The Morgan fingerprint density at radius 1 is 1.19 bits per heavy atom. The summed E-state index contributed by atoms with van der Waals surface area (Å²) in [4.78, 5) is 23.2. The minimum absolute atomic E-state index is 0.135. The lowest BCUT2D eigenvalue weighted by molar-refractivity contribution is -0.117. The number of hydrogen-bond acceptors (Lipinski definition) is 8. The number of benzene rings is 1. The second-order valence-electron chi connectivity index (χ2n) is 5.56. The molecule has 1 aliphatic rings. The molecule has 1 aliphatic carbocycles. The van der Waals surface area contributed by atoms with Crippen molar-refractivity contribution in [2.45, 2.75) is 33.3 Å². The molecule has 138 valence electrons. The molecule has 7 nitrogen and oxygen atoms in total. The summed E-state index contributed by atoms with van der Waals surface area (Å²) in [5.74, 6) is 1.41. The van der Waals surface area contributed by atoms with Crippen LogP contribution in [0.15, 0.2) is 32.9 Å². The zero-order valence-electron chi connectivity index (χ0n) is 14.1. The summed E-state index contributed by atoms with van der Waals surface area (Å²) in [5, 5.41) is 13.2. The average Bonchev–Trinajstić information content (AvgIpc) is 3.33. The molecule has 3 rings (SSSR count). The van der Waals surface area contributed by atoms with Crippen LogP contribution in [0.5, 0.6) is 5.75 Å². The van der Waals surface area contributed by atoms with Gasteiger partial charge in [-0.15, -0.1) is 10.2 Å². The van der Waals surface area contributed by atoms with Crippen LogP contribution in [-0.2, 0) is 10.5 Å². The number of rotatable bonds is 8. The van der Waals surface area contributed by atoms with E-state index in [4.69, 9.17) is 4.74 Å². The van der Waals surface area contributed by atoms with Crippen LogP contribution in [0.25, 0.3) is 0 Å². The Morgan fingerprint density at radius 3 is 2.54 bits per heavy atom. The van der Waals surface area contributed by atoms with Gasteiger partial charge < -0.3 is 10.1 Å². The van der Waals surface area contributed by atoms with Crippen LogP contribution in [0.2, 0.25) is 0 Å². The number of aromatic nitrogens is 2. The summed E-state index contributed by atoms with van der Waals surface area (Å²) < 4.78 is 6.69. The Kier molecular flexibility index (Phi) is 6.75. The normalized spacial score (nSPS) is 13.3. The van der Waals surface area contributed by atoms with Gasteiger partial charge in [0.25, 0.3) is 0 Å². The summed E-state index contributed by atoms with van der Waals surface area (Å²) >= 11 is 4.31. The summed E-state index contributed by atoms with van der Waals surface area (Å²) in [7, 11) is 1.64. The van der Waals surface area contributed by atoms with Crippen LogP contribution in [0.4, 0.5) is 4.79 Å². The van der Waals surface area contributed by atoms with Gasteiger partial charge in [0.1, 0.15) is 5.75 Å². The van der Waals surface area contributed by atoms with E-state index in [0.29, 0.717) is 4.34 Å². The molecular weight excluding hydrogens is 392 g/mol. The summed E-state index contributed by atoms with van der Waals surface area (Å²) in [6.07, 6.45) is 1.97. The Bertz CT molecular complexity index is 762. The fourth-order valence-corrected chi connectivity index (χ4v) is 4.70. The molecule has 1 heterocycles. The third-order valence-electron chi connectivity index (χ3n) is 3.40. The summed E-state index contributed by atoms with van der Waals surface area (Å²) in [6, 6.07) is 7.68. The minimum atomic E-state index is -0.425. The maximum atomic E-state index is 11.7. The molecule has 3 amide bonds. The largest absolute Gasteiger partial charge is 0.497 e. The predicted molar refractivity (Wildman–Crippen MR) is 103 cm³/mol. The van der Waals surface area contributed by atoms with E-state index < -0.39 is 6.03 Å². The first-order chi connectivity index (χ1) is 12.6. The zero-order chi connectivity index (χ0) is 18.4. The molecule has 0 unspecified atom stereocenters. The molecule has 1 saturated carbocycles. The van der Waals surface area contributed by atoms with Gasteiger partial charge in [0.2, 0.25) is 5.91 Å². The Morgan fingerprint density at radius 2 is 1.88 bits per heavy atom. The molecule has 26 heavy (non-hydrogen) atoms. The number of nitrogens with one attached hydrogen (secondary N) is 2. The van der Waals surface area contributed by atoms with Crippen LogP contribution < -0.4 is 15.4 Å². The van der Waals surface area contributed by atoms with Gasteiger partial charge in [0.05, 0.1) is 12.9 Å². The SMILES string of the molecule is COc1ccc(CSc2nnc(SCC(=O)NC(=O)NC3CC3)s2)cc1. The second kappa shape index (κ2) is 9.24. The summed E-state index contributed by atoms with van der Waals surface area (Å²) in [6.45, 7) is 0. The van der Waals surface area contributed by atoms with Crippen molar-refractivity contribution in [1.82, 2.24) is 20.8 Å². The maximum Gasteiger partial charge on any atom is 0.321 e. The van der Waals surface area contributed by atoms with Gasteiger partial charge in [-0.1, -0.05) is 47.0 Å². The monoisotopic (exact) mass is 410 g/mol. The first-order valence-electron chi connectivity index (χ1n) is 7.95. The first-order valence-corrected chi connectivity index (χ1v) is 10.7. The Balaban J connectivity index is 1.39. The third kappa shape index (κ3) is 6.19. The number of methoxy groups -OCH3 is 1. The van der Waals surface area contributed by atoms with Crippen molar-refractivity contribution in [3.8, 4) is 5.75 Å². The highest BCUT2D eigenvalue weighted by Crippen LogP contribution is 2.30. The highest BCUT2D eigenvalue weighted by atomic mass is 32.2. The zero-order valence-corrected chi connectivity index (χ0v) is 16.5. The highest BCUT2D eigenvalue weighted by Gasteiger charge is 2.23. The molecule has 0 saturated heterocycles. The van der Waals surface area contributed by atoms with Crippen molar-refractivity contribution in [2.24, 2.45) is 0 Å². The van der Waals surface area contributed by atoms with Crippen LogP contribution in [0.3, 0.4) is 0 Å². The number of hydrogen-bond donors (Lipinski definition) is 2. The molecule has 1 fully saturated rings. The fourth-order valence-electron chi connectivity index (χ4n) is 1.92. The lowest BCUT2D eigenvalue weighted by atomic mass is 10.2. The molecular formula is C16H18N4O3S3. The molecule has 2 N–H and O–H groups in total. The van der Waals surface area contributed by atoms with Crippen molar-refractivity contribution in [3.05, 3.63) is 29.8 Å². The molecule has 0 bridgehead atoms. The van der Waals surface area contributed by atoms with Gasteiger partial charge in [0, 0.05) is 11.8 Å². The number of ether oxygens (including phenoxy) is 1. The van der Waals surface area contributed by atoms with Gasteiger partial charge in [-0.05, 0) is 30.5 Å². The molecule has 1 aromatic heterocycles. The van der Waals surface area contributed by atoms with E-state index in [1.807, 2.05) is 24.3 Å². The number of imide groups is 1. The number of carbonyl (C=O) groups excluding carboxylic acids is 2. The molecule has 0 aliphatic heterocycles. The molecule has 0 atom stereocenters. The van der Waals surface area contributed by atoms with E-state index in [-0.39, 0.29) is 17.7 Å². The number of amides is 3. The third-order valence-corrected chi connectivity index (χ3v) is 6.66. The van der Waals surface area contributed by atoms with Crippen molar-refractivity contribution >= 4 is 46.8 Å². The Labute approximate surface area is 163 Å². The number of thioether (sulfide) groups is 2. The van der Waals surface area contributed by atoms with Crippen LogP contribution in [0.1, 0.15) is 18.4 Å². The standard InChI is InChI=1S/C16H18N4O3S3/c1-23-12-6-2-10(3-7-12)8-24-15-19-20-16(26-15)25-9-13(21)18-14(22)17-11-4-5-11/h2-3,6-7,11H,4-5,8-9H2,1H3,(H2,17,18,21,22). The number of urea groups is 1. The minimum Gasteiger partial charge on any atom is -0.497 e. The topological polar surface area (TPSA) is 93.2 Å². The molecule has 0 radical (unpaired) electrons. The van der Waals surface area contributed by atoms with Crippen LogP contribution >= 0.6 is 34.9 Å². The van der Waals surface area contributed by atoms with Gasteiger partial charge in [-0.3, -0.25) is 10.1 Å². The second-order valence-corrected chi connectivity index (χ2v) is 8.98. The lowest BCUT2D eigenvalue weighted by Crippen LogP contribution is -2.41. The average molecular weight is 411 g/mol. The number of nitrogens with zero attached hydrogens (tertiary/aromatic N) is 2. The lowest BCUT2D eigenvalue weighted by Gasteiger charge is -2.03. The van der Waals surface area contributed by atoms with Gasteiger partial charge >= 0.3 is 6.03 Å². The molecule has 0 spiro atoms.